The molecule has 0 saturated carbocycles. The fourth-order valence-electron chi connectivity index (χ4n) is 1.64. The van der Waals surface area contributed by atoms with Gasteiger partial charge in [-0.25, -0.2) is 0 Å². The second kappa shape index (κ2) is 5.72. The van der Waals surface area contributed by atoms with Gasteiger partial charge >= 0.3 is 0 Å². The maximum atomic E-state index is 12.1. The molecule has 7 heteroatoms. The summed E-state index contributed by atoms with van der Waals surface area (Å²) >= 11 is 8.37. The average molecular weight is 354 g/mol. The van der Waals surface area contributed by atoms with Crippen molar-refractivity contribution < 1.29 is 5.11 Å². The van der Waals surface area contributed by atoms with Crippen molar-refractivity contribution in [1.29, 1.82) is 0 Å². The van der Waals surface area contributed by atoms with E-state index in [-0.39, 0.29) is 21.8 Å². The van der Waals surface area contributed by atoms with E-state index in [2.05, 4.69) is 20.9 Å². The molecule has 0 amide bonds. The molecule has 0 aliphatic rings. The minimum absolute atomic E-state index is 0.103. The molecule has 0 bridgehead atoms. The van der Waals surface area contributed by atoms with Gasteiger partial charge in [0.1, 0.15) is 5.56 Å². The van der Waals surface area contributed by atoms with Gasteiger partial charge in [0.2, 0.25) is 5.88 Å². The van der Waals surface area contributed by atoms with Gasteiger partial charge < -0.3 is 5.11 Å². The van der Waals surface area contributed by atoms with Crippen molar-refractivity contribution in [1.82, 2.24) is 9.13 Å². The van der Waals surface area contributed by atoms with Crippen LogP contribution in [0.25, 0.3) is 0 Å². The summed E-state index contributed by atoms with van der Waals surface area (Å²) in [6, 6.07) is 7.28. The first kappa shape index (κ1) is 14.7. The Labute approximate surface area is 129 Å². The van der Waals surface area contributed by atoms with Gasteiger partial charge in [0.25, 0.3) is 5.56 Å². The van der Waals surface area contributed by atoms with E-state index in [0.29, 0.717) is 5.69 Å². The third-order valence-electron chi connectivity index (χ3n) is 2.84. The number of hydrogen-bond acceptors (Lipinski definition) is 4. The van der Waals surface area contributed by atoms with Crippen molar-refractivity contribution in [3.63, 3.8) is 0 Å². The van der Waals surface area contributed by atoms with Crippen LogP contribution < -0.4 is 5.56 Å². The summed E-state index contributed by atoms with van der Waals surface area (Å²) in [6.45, 7) is 0. The van der Waals surface area contributed by atoms with Crippen molar-refractivity contribution in [3.8, 4) is 5.88 Å². The number of aromatic nitrogens is 2. The predicted octanol–water partition coefficient (Wildman–Crippen LogP) is 2.67. The van der Waals surface area contributed by atoms with Crippen LogP contribution in [0.15, 0.2) is 38.5 Å². The number of aromatic hydroxyl groups is 1. The minimum atomic E-state index is -0.383. The Balaban J connectivity index is 2.52. The summed E-state index contributed by atoms with van der Waals surface area (Å²) in [4.78, 5) is 16.2. The van der Waals surface area contributed by atoms with E-state index < -0.39 is 0 Å². The van der Waals surface area contributed by atoms with Crippen molar-refractivity contribution in [2.75, 3.05) is 0 Å². The summed E-state index contributed by atoms with van der Waals surface area (Å²) < 4.78 is 3.84. The van der Waals surface area contributed by atoms with Crippen LogP contribution in [0.2, 0.25) is 0 Å². The molecule has 0 unspecified atom stereocenters. The Morgan fingerprint density at radius 3 is 2.45 bits per heavy atom. The van der Waals surface area contributed by atoms with Crippen LogP contribution in [-0.4, -0.2) is 20.5 Å². The molecule has 20 heavy (non-hydrogen) atoms. The molecule has 0 aliphatic heterocycles. The molecule has 0 radical (unpaired) electrons. The van der Waals surface area contributed by atoms with Gasteiger partial charge in [0.15, 0.2) is 4.77 Å². The molecule has 0 spiro atoms. The van der Waals surface area contributed by atoms with Gasteiger partial charge in [-0.05, 0) is 36.5 Å². The maximum absolute atomic E-state index is 12.1. The lowest BCUT2D eigenvalue weighted by atomic mass is 10.3. The van der Waals surface area contributed by atoms with Gasteiger partial charge in [-0.1, -0.05) is 15.9 Å². The second-order valence-corrected chi connectivity index (χ2v) is 5.46. The molecule has 0 saturated heterocycles. The van der Waals surface area contributed by atoms with Crippen molar-refractivity contribution >= 4 is 40.0 Å². The quantitative estimate of drug-likeness (QED) is 0.666. The standard InChI is InChI=1S/C13H12BrN3O2S/c1-16-11(18)10(12(19)17(2)13(16)20)7-15-9-5-3-8(14)4-6-9/h3-7,18H,1-2H3. The summed E-state index contributed by atoms with van der Waals surface area (Å²) in [6.07, 6.45) is 1.34. The predicted molar refractivity (Wildman–Crippen MR) is 84.5 cm³/mol. The summed E-state index contributed by atoms with van der Waals surface area (Å²) in [7, 11) is 3.15. The van der Waals surface area contributed by atoms with E-state index in [1.807, 2.05) is 12.1 Å². The van der Waals surface area contributed by atoms with Crippen LogP contribution in [0.3, 0.4) is 0 Å². The Bertz CT molecular complexity index is 791. The minimum Gasteiger partial charge on any atom is -0.494 e. The zero-order valence-electron chi connectivity index (χ0n) is 10.9. The molecule has 0 fully saturated rings. The normalized spacial score (nSPS) is 11.2. The maximum Gasteiger partial charge on any atom is 0.266 e. The third kappa shape index (κ3) is 2.73. The topological polar surface area (TPSA) is 59.5 Å². The summed E-state index contributed by atoms with van der Waals surface area (Å²) in [5.41, 5.74) is 0.401. The van der Waals surface area contributed by atoms with Gasteiger partial charge in [-0.3, -0.25) is 18.9 Å². The van der Waals surface area contributed by atoms with E-state index in [4.69, 9.17) is 12.2 Å². The van der Waals surface area contributed by atoms with Crippen LogP contribution in [-0.2, 0) is 14.1 Å². The van der Waals surface area contributed by atoms with Gasteiger partial charge in [0, 0.05) is 24.8 Å². The zero-order chi connectivity index (χ0) is 14.9. The first-order chi connectivity index (χ1) is 9.41. The van der Waals surface area contributed by atoms with Crippen molar-refractivity contribution in [2.24, 2.45) is 19.1 Å². The molecule has 2 rings (SSSR count). The van der Waals surface area contributed by atoms with Crippen LogP contribution in [0, 0.1) is 4.77 Å². The molecule has 104 valence electrons. The van der Waals surface area contributed by atoms with Gasteiger partial charge in [-0.2, -0.15) is 0 Å². The van der Waals surface area contributed by atoms with Crippen LogP contribution in [0.1, 0.15) is 5.56 Å². The number of nitrogens with zero attached hydrogens (tertiary/aromatic N) is 3. The molecule has 1 N–H and O–H groups in total. The highest BCUT2D eigenvalue weighted by Gasteiger charge is 2.10. The first-order valence-corrected chi connectivity index (χ1v) is 6.90. The molecule has 0 aliphatic carbocycles. The number of halogens is 1. The van der Waals surface area contributed by atoms with Gasteiger partial charge in [0.05, 0.1) is 5.69 Å². The molecule has 1 heterocycles. The molecule has 0 atom stereocenters. The lowest BCUT2D eigenvalue weighted by Gasteiger charge is -2.08. The highest BCUT2D eigenvalue weighted by molar-refractivity contribution is 9.10. The largest absolute Gasteiger partial charge is 0.494 e. The smallest absolute Gasteiger partial charge is 0.266 e. The highest BCUT2D eigenvalue weighted by atomic mass is 79.9. The molecule has 1 aromatic heterocycles. The summed E-state index contributed by atoms with van der Waals surface area (Å²) in [5, 5.41) is 9.99. The third-order valence-corrected chi connectivity index (χ3v) is 3.91. The van der Waals surface area contributed by atoms with E-state index in [0.717, 1.165) is 4.47 Å². The monoisotopic (exact) mass is 353 g/mol. The van der Waals surface area contributed by atoms with E-state index in [9.17, 15) is 9.90 Å². The Hall–Kier alpha value is -1.73. The number of hydrogen-bond donors (Lipinski definition) is 1. The van der Waals surface area contributed by atoms with Crippen LogP contribution in [0.5, 0.6) is 5.88 Å². The SMILES string of the molecule is Cn1c(O)c(C=Nc2ccc(Br)cc2)c(=O)n(C)c1=S. The highest BCUT2D eigenvalue weighted by Crippen LogP contribution is 2.17. The number of benzene rings is 1. The Morgan fingerprint density at radius 1 is 1.25 bits per heavy atom. The molecule has 2 aromatic rings. The van der Waals surface area contributed by atoms with E-state index in [1.165, 1.54) is 15.3 Å². The fraction of sp³-hybridized carbons (Fsp3) is 0.154. The van der Waals surface area contributed by atoms with Crippen molar-refractivity contribution in [2.45, 2.75) is 0 Å². The molecular formula is C13H12BrN3O2S. The average Bonchev–Trinajstić information content (AvgIpc) is 2.45. The van der Waals surface area contributed by atoms with E-state index >= 15 is 0 Å². The Morgan fingerprint density at radius 2 is 1.85 bits per heavy atom. The Kier molecular flexibility index (Phi) is 4.20. The lowest BCUT2D eigenvalue weighted by Crippen LogP contribution is -2.25. The molecule has 5 nitrogen and oxygen atoms in total. The number of aliphatic imine (C=N–C) groups is 1. The number of rotatable bonds is 2. The zero-order valence-corrected chi connectivity index (χ0v) is 13.3. The van der Waals surface area contributed by atoms with Crippen molar-refractivity contribution in [3.05, 3.63) is 49.4 Å². The fourth-order valence-corrected chi connectivity index (χ4v) is 2.07. The first-order valence-electron chi connectivity index (χ1n) is 5.70. The lowest BCUT2D eigenvalue weighted by molar-refractivity contribution is 0.415. The van der Waals surface area contributed by atoms with Crippen LogP contribution in [0.4, 0.5) is 5.69 Å². The second-order valence-electron chi connectivity index (χ2n) is 4.18. The summed E-state index contributed by atoms with van der Waals surface area (Å²) in [5.74, 6) is -0.195. The molecular weight excluding hydrogens is 342 g/mol. The van der Waals surface area contributed by atoms with Gasteiger partial charge in [-0.15, -0.1) is 0 Å². The van der Waals surface area contributed by atoms with Crippen LogP contribution >= 0.6 is 28.1 Å². The molecule has 1 aromatic carbocycles. The van der Waals surface area contributed by atoms with E-state index in [1.54, 1.807) is 26.2 Å².